The van der Waals surface area contributed by atoms with E-state index in [0.717, 1.165) is 16.7 Å². The molecule has 0 amide bonds. The Balaban J connectivity index is 1.65. The van der Waals surface area contributed by atoms with Crippen LogP contribution in [0.2, 0.25) is 0 Å². The minimum atomic E-state index is -2.54. The normalized spacial score (nSPS) is 26.8. The van der Waals surface area contributed by atoms with Crippen molar-refractivity contribution in [3.63, 3.8) is 0 Å². The minimum Gasteiger partial charge on any atom is -0.507 e. The molecule has 3 N–H and O–H groups in total. The average molecular weight is 585 g/mol. The van der Waals surface area contributed by atoms with E-state index in [-0.39, 0.29) is 66.3 Å². The molecule has 3 atom stereocenters. The fourth-order valence-electron chi connectivity index (χ4n) is 8.04. The molecule has 5 rings (SSSR count). The minimum absolute atomic E-state index is 0.0235. The Morgan fingerprint density at radius 2 is 1.58 bits per heavy atom. The van der Waals surface area contributed by atoms with Crippen LogP contribution in [0.1, 0.15) is 93.7 Å². The molecule has 1 fully saturated rings. The molecule has 43 heavy (non-hydrogen) atoms. The number of rotatable bonds is 6. The first-order valence-electron chi connectivity index (χ1n) is 14.9. The summed E-state index contributed by atoms with van der Waals surface area (Å²) < 4.78 is 0. The molecule has 1 saturated carbocycles. The molecule has 7 heteroatoms. The van der Waals surface area contributed by atoms with E-state index >= 15 is 0 Å². The SMILES string of the molecule is CC(=O)C1=C(C)C[C@@]2(C)C[C@@]3(C)Cc4c(C(C)C)cc(CC(=O)Cc5ccc(C)cc5)c(O)c4C(O)=C3C(=O)[C@@]2(O)C1=O. The van der Waals surface area contributed by atoms with Gasteiger partial charge in [-0.2, -0.15) is 0 Å². The van der Waals surface area contributed by atoms with Gasteiger partial charge in [0, 0.05) is 34.8 Å². The van der Waals surface area contributed by atoms with Crippen LogP contribution in [0.3, 0.4) is 0 Å². The molecular weight excluding hydrogens is 544 g/mol. The fourth-order valence-corrected chi connectivity index (χ4v) is 8.04. The van der Waals surface area contributed by atoms with Gasteiger partial charge in [-0.15, -0.1) is 0 Å². The summed E-state index contributed by atoms with van der Waals surface area (Å²) in [6.45, 7) is 12.4. The Bertz CT molecular complexity index is 1670. The van der Waals surface area contributed by atoms with E-state index in [1.807, 2.05) is 58.0 Å². The van der Waals surface area contributed by atoms with Gasteiger partial charge in [-0.05, 0) is 62.6 Å². The predicted molar refractivity (Wildman–Crippen MR) is 163 cm³/mol. The van der Waals surface area contributed by atoms with Crippen LogP contribution < -0.4 is 0 Å². The summed E-state index contributed by atoms with van der Waals surface area (Å²) in [6, 6.07) is 9.48. The van der Waals surface area contributed by atoms with Crippen molar-refractivity contribution in [2.75, 3.05) is 0 Å². The molecule has 226 valence electrons. The molecule has 0 aromatic heterocycles. The average Bonchev–Trinajstić information content (AvgIpc) is 2.88. The maximum Gasteiger partial charge on any atom is 0.206 e. The third-order valence-electron chi connectivity index (χ3n) is 9.90. The highest BCUT2D eigenvalue weighted by Crippen LogP contribution is 2.62. The number of benzene rings is 2. The summed E-state index contributed by atoms with van der Waals surface area (Å²) >= 11 is 0. The van der Waals surface area contributed by atoms with Gasteiger partial charge in [0.05, 0.1) is 11.1 Å². The molecule has 2 aromatic rings. The number of allylic oxidation sites excluding steroid dienone is 1. The van der Waals surface area contributed by atoms with Crippen LogP contribution in [0.5, 0.6) is 5.75 Å². The van der Waals surface area contributed by atoms with Crippen molar-refractivity contribution < 1.29 is 34.5 Å². The van der Waals surface area contributed by atoms with E-state index in [4.69, 9.17) is 0 Å². The van der Waals surface area contributed by atoms with Crippen molar-refractivity contribution >= 4 is 28.9 Å². The second kappa shape index (κ2) is 10.1. The van der Waals surface area contributed by atoms with Crippen molar-refractivity contribution in [2.24, 2.45) is 10.8 Å². The molecular formula is C36H40O7. The molecule has 0 saturated heterocycles. The van der Waals surface area contributed by atoms with Gasteiger partial charge < -0.3 is 15.3 Å². The number of phenolic OH excluding ortho intramolecular Hbond substituents is 1. The van der Waals surface area contributed by atoms with E-state index in [1.165, 1.54) is 6.92 Å². The summed E-state index contributed by atoms with van der Waals surface area (Å²) in [6.07, 6.45) is 0.763. The second-order valence-corrected chi connectivity index (χ2v) is 13.8. The number of aryl methyl sites for hydroxylation is 1. The highest BCUT2D eigenvalue weighted by atomic mass is 16.3. The zero-order valence-corrected chi connectivity index (χ0v) is 26.0. The van der Waals surface area contributed by atoms with Gasteiger partial charge in [-0.25, -0.2) is 0 Å². The largest absolute Gasteiger partial charge is 0.507 e. The summed E-state index contributed by atoms with van der Waals surface area (Å²) in [5.41, 5.74) is -0.567. The molecule has 3 aliphatic carbocycles. The number of aromatic hydroxyl groups is 1. The Hall–Kier alpha value is -3.84. The van der Waals surface area contributed by atoms with Crippen molar-refractivity contribution in [1.29, 1.82) is 0 Å². The zero-order chi connectivity index (χ0) is 31.8. The molecule has 2 aromatic carbocycles. The van der Waals surface area contributed by atoms with Crippen LogP contribution in [0.15, 0.2) is 47.1 Å². The molecule has 0 spiro atoms. The van der Waals surface area contributed by atoms with Gasteiger partial charge in [-0.3, -0.25) is 19.2 Å². The molecule has 0 heterocycles. The third-order valence-corrected chi connectivity index (χ3v) is 9.90. The molecule has 7 nitrogen and oxygen atoms in total. The number of Topliss-reactive ketones (excluding diaryl/α,β-unsaturated/α-hetero) is 4. The monoisotopic (exact) mass is 584 g/mol. The summed E-state index contributed by atoms with van der Waals surface area (Å²) in [5, 5.41) is 35.3. The first-order chi connectivity index (χ1) is 19.9. The number of ketones is 4. The lowest BCUT2D eigenvalue weighted by atomic mass is 9.46. The number of hydrogen-bond acceptors (Lipinski definition) is 7. The highest BCUT2D eigenvalue weighted by molar-refractivity contribution is 6.33. The molecule has 0 unspecified atom stereocenters. The van der Waals surface area contributed by atoms with Crippen LogP contribution in [-0.2, 0) is 38.4 Å². The highest BCUT2D eigenvalue weighted by Gasteiger charge is 2.69. The van der Waals surface area contributed by atoms with Crippen LogP contribution >= 0.6 is 0 Å². The lowest BCUT2D eigenvalue weighted by molar-refractivity contribution is -0.171. The Morgan fingerprint density at radius 3 is 2.16 bits per heavy atom. The molecule has 0 radical (unpaired) electrons. The molecule has 0 aliphatic heterocycles. The van der Waals surface area contributed by atoms with E-state index in [2.05, 4.69) is 0 Å². The van der Waals surface area contributed by atoms with E-state index in [1.54, 1.807) is 13.8 Å². The lowest BCUT2D eigenvalue weighted by Crippen LogP contribution is -2.67. The number of hydrogen-bond donors (Lipinski definition) is 3. The smallest absolute Gasteiger partial charge is 0.206 e. The van der Waals surface area contributed by atoms with Crippen LogP contribution in [0, 0.1) is 17.8 Å². The first kappa shape index (κ1) is 30.6. The van der Waals surface area contributed by atoms with E-state index in [0.29, 0.717) is 16.7 Å². The second-order valence-electron chi connectivity index (χ2n) is 13.8. The van der Waals surface area contributed by atoms with Gasteiger partial charge in [0.2, 0.25) is 11.6 Å². The van der Waals surface area contributed by atoms with Crippen molar-refractivity contribution in [1.82, 2.24) is 0 Å². The fraction of sp³-hybridized carbons (Fsp3) is 0.444. The van der Waals surface area contributed by atoms with Gasteiger partial charge >= 0.3 is 0 Å². The number of carbonyl (C=O) groups excluding carboxylic acids is 4. The van der Waals surface area contributed by atoms with Crippen LogP contribution in [0.4, 0.5) is 0 Å². The topological polar surface area (TPSA) is 129 Å². The predicted octanol–water partition coefficient (Wildman–Crippen LogP) is 5.60. The van der Waals surface area contributed by atoms with Crippen LogP contribution in [0.25, 0.3) is 5.76 Å². The molecule has 0 bridgehead atoms. The standard InChI is InChI=1S/C36H40O7/c1-18(2)25-14-23(13-24(38)12-22-10-8-19(3)9-11-22)30(39)28-26(25)16-34(6)17-35(7)15-20(4)27(21(5)37)32(41)36(35,43)33(42)29(34)31(28)40/h8-11,14,18,39-40,43H,12-13,15-17H2,1-7H3/t34-,35+,36+/m1/s1. The van der Waals surface area contributed by atoms with Gasteiger partial charge in [-0.1, -0.05) is 69.2 Å². The van der Waals surface area contributed by atoms with Crippen molar-refractivity contribution in [2.45, 2.75) is 92.1 Å². The number of aliphatic hydroxyl groups is 2. The molecule has 3 aliphatic rings. The maximum absolute atomic E-state index is 14.3. The van der Waals surface area contributed by atoms with E-state index in [9.17, 15) is 34.5 Å². The quantitative estimate of drug-likeness (QED) is 0.298. The Labute approximate surface area is 252 Å². The number of fused-ring (bicyclic) bond motifs is 3. The number of carbonyl (C=O) groups is 4. The maximum atomic E-state index is 14.3. The van der Waals surface area contributed by atoms with Gasteiger partial charge in [0.1, 0.15) is 17.3 Å². The third kappa shape index (κ3) is 4.51. The number of phenols is 1. The van der Waals surface area contributed by atoms with Crippen LogP contribution in [-0.4, -0.2) is 44.1 Å². The first-order valence-corrected chi connectivity index (χ1v) is 14.9. The Morgan fingerprint density at radius 1 is 0.953 bits per heavy atom. The van der Waals surface area contributed by atoms with Crippen molar-refractivity contribution in [3.05, 3.63) is 80.4 Å². The lowest BCUT2D eigenvalue weighted by Gasteiger charge is -2.56. The van der Waals surface area contributed by atoms with Gasteiger partial charge in [0.15, 0.2) is 11.4 Å². The van der Waals surface area contributed by atoms with E-state index < -0.39 is 39.5 Å². The van der Waals surface area contributed by atoms with Crippen molar-refractivity contribution in [3.8, 4) is 5.75 Å². The Kier molecular flexibility index (Phi) is 7.20. The summed E-state index contributed by atoms with van der Waals surface area (Å²) in [5.74, 6) is -3.31. The number of aliphatic hydroxyl groups excluding tert-OH is 1. The van der Waals surface area contributed by atoms with Gasteiger partial charge in [0.25, 0.3) is 0 Å². The zero-order valence-electron chi connectivity index (χ0n) is 26.0. The summed E-state index contributed by atoms with van der Waals surface area (Å²) in [7, 11) is 0. The summed E-state index contributed by atoms with van der Waals surface area (Å²) in [4.78, 5) is 53.5.